The Morgan fingerprint density at radius 3 is 2.35 bits per heavy atom. The summed E-state index contributed by atoms with van der Waals surface area (Å²) < 4.78 is 13.8. The zero-order chi connectivity index (χ0) is 17.8. The second kappa shape index (κ2) is 9.14. The first-order valence-electron chi connectivity index (χ1n) is 8.31. The van der Waals surface area contributed by atoms with Gasteiger partial charge in [-0.05, 0) is 36.4 Å². The molecule has 1 aromatic carbocycles. The molecule has 0 fully saturated rings. The van der Waals surface area contributed by atoms with E-state index in [1.165, 1.54) is 16.9 Å². The van der Waals surface area contributed by atoms with Crippen LogP contribution >= 0.6 is 11.3 Å². The van der Waals surface area contributed by atoms with E-state index in [2.05, 4.69) is 36.0 Å². The number of hydrogen-bond donors (Lipinski definition) is 0. The van der Waals surface area contributed by atoms with E-state index in [1.807, 2.05) is 18.2 Å². The molecule has 3 aromatic rings. The molecule has 0 unspecified atom stereocenters. The van der Waals surface area contributed by atoms with Gasteiger partial charge >= 0.3 is 0 Å². The van der Waals surface area contributed by atoms with E-state index in [0.717, 1.165) is 27.9 Å². The highest BCUT2D eigenvalue weighted by Gasteiger charge is 2.14. The molecule has 0 atom stereocenters. The summed E-state index contributed by atoms with van der Waals surface area (Å²) in [5.41, 5.74) is 1.18. The molecule has 0 saturated carbocycles. The molecule has 0 bridgehead atoms. The molecule has 0 N–H and O–H groups in total. The smallest absolute Gasteiger partial charge is 0.173 e. The number of thiophene rings is 1. The Kier molecular flexibility index (Phi) is 7.17. The SMILES string of the molecule is CC[n+]1ccc(CCC(=O)c2cc3cc(OC)c(OC)cc3s2)cc1.[Br-]. The summed E-state index contributed by atoms with van der Waals surface area (Å²) in [5.74, 6) is 1.54. The summed E-state index contributed by atoms with van der Waals surface area (Å²) in [4.78, 5) is 13.3. The van der Waals surface area contributed by atoms with Gasteiger partial charge in [-0.3, -0.25) is 4.79 Å². The molecular weight excluding hydrogens is 414 g/mol. The first-order valence-corrected chi connectivity index (χ1v) is 9.13. The zero-order valence-corrected chi connectivity index (χ0v) is 17.5. The van der Waals surface area contributed by atoms with E-state index in [-0.39, 0.29) is 22.8 Å². The van der Waals surface area contributed by atoms with Crippen molar-refractivity contribution in [3.05, 3.63) is 53.2 Å². The molecule has 0 saturated heterocycles. The van der Waals surface area contributed by atoms with Crippen LogP contribution in [0.2, 0.25) is 0 Å². The maximum Gasteiger partial charge on any atom is 0.173 e. The van der Waals surface area contributed by atoms with Crippen molar-refractivity contribution in [3.8, 4) is 11.5 Å². The lowest BCUT2D eigenvalue weighted by atomic mass is 10.1. The Morgan fingerprint density at radius 2 is 1.73 bits per heavy atom. The van der Waals surface area contributed by atoms with Crippen molar-refractivity contribution < 1.29 is 35.8 Å². The highest BCUT2D eigenvalue weighted by molar-refractivity contribution is 7.20. The highest BCUT2D eigenvalue weighted by Crippen LogP contribution is 2.36. The van der Waals surface area contributed by atoms with E-state index >= 15 is 0 Å². The van der Waals surface area contributed by atoms with Gasteiger partial charge in [-0.15, -0.1) is 11.3 Å². The van der Waals surface area contributed by atoms with E-state index in [1.54, 1.807) is 14.2 Å². The first kappa shape index (κ1) is 20.4. The van der Waals surface area contributed by atoms with Crippen LogP contribution in [0, 0.1) is 0 Å². The Bertz CT molecular complexity index is 849. The van der Waals surface area contributed by atoms with Crippen LogP contribution in [0.15, 0.2) is 42.7 Å². The van der Waals surface area contributed by atoms with Crippen molar-refractivity contribution in [3.63, 3.8) is 0 Å². The van der Waals surface area contributed by atoms with E-state index in [9.17, 15) is 4.79 Å². The molecule has 2 heterocycles. The maximum absolute atomic E-state index is 12.6. The van der Waals surface area contributed by atoms with Gasteiger partial charge in [0.2, 0.25) is 0 Å². The number of aromatic nitrogens is 1. The number of halogens is 1. The normalized spacial score (nSPS) is 10.4. The minimum absolute atomic E-state index is 0. The minimum Gasteiger partial charge on any atom is -1.00 e. The van der Waals surface area contributed by atoms with Gasteiger partial charge in [0.1, 0.15) is 6.54 Å². The molecule has 26 heavy (non-hydrogen) atoms. The Labute approximate surface area is 168 Å². The number of benzene rings is 1. The second-order valence-corrected chi connectivity index (χ2v) is 6.90. The first-order chi connectivity index (χ1) is 12.1. The fourth-order valence-corrected chi connectivity index (χ4v) is 3.79. The molecule has 2 aromatic heterocycles. The number of carbonyl (C=O) groups is 1. The maximum atomic E-state index is 12.6. The average Bonchev–Trinajstić information content (AvgIpc) is 3.08. The number of methoxy groups -OCH3 is 2. The summed E-state index contributed by atoms with van der Waals surface area (Å²) in [7, 11) is 3.23. The zero-order valence-electron chi connectivity index (χ0n) is 15.1. The molecule has 0 spiro atoms. The van der Waals surface area contributed by atoms with Crippen LogP contribution in [0.5, 0.6) is 11.5 Å². The number of ketones is 1. The Hall–Kier alpha value is -1.92. The monoisotopic (exact) mass is 435 g/mol. The van der Waals surface area contributed by atoms with Crippen LogP contribution in [0.1, 0.15) is 28.6 Å². The third kappa shape index (κ3) is 4.43. The number of Topliss-reactive ketones (excluding diaryl/α,β-unsaturated/α-hetero) is 1. The summed E-state index contributed by atoms with van der Waals surface area (Å²) in [5, 5.41) is 1.01. The van der Waals surface area contributed by atoms with Crippen molar-refractivity contribution in [1.29, 1.82) is 0 Å². The topological polar surface area (TPSA) is 39.4 Å². The number of carbonyl (C=O) groups excluding carboxylic acids is 1. The van der Waals surface area contributed by atoms with E-state index in [0.29, 0.717) is 17.9 Å². The van der Waals surface area contributed by atoms with Crippen LogP contribution in [0.4, 0.5) is 0 Å². The van der Waals surface area contributed by atoms with Crippen molar-refractivity contribution in [2.45, 2.75) is 26.3 Å². The fraction of sp³-hybridized carbons (Fsp3) is 0.300. The minimum atomic E-state index is 0. The molecule has 6 heteroatoms. The van der Waals surface area contributed by atoms with E-state index < -0.39 is 0 Å². The van der Waals surface area contributed by atoms with Crippen LogP contribution < -0.4 is 31.0 Å². The second-order valence-electron chi connectivity index (χ2n) is 5.82. The van der Waals surface area contributed by atoms with Crippen molar-refractivity contribution in [2.75, 3.05) is 14.2 Å². The highest BCUT2D eigenvalue weighted by atomic mass is 79.9. The lowest BCUT2D eigenvalue weighted by Crippen LogP contribution is -3.00. The largest absolute Gasteiger partial charge is 1.00 e. The number of fused-ring (bicyclic) bond motifs is 1. The molecule has 3 rings (SSSR count). The predicted molar refractivity (Wildman–Crippen MR) is 99.9 cm³/mol. The van der Waals surface area contributed by atoms with Gasteiger partial charge in [0.05, 0.1) is 19.1 Å². The molecule has 0 radical (unpaired) electrons. The lowest BCUT2D eigenvalue weighted by Gasteiger charge is -2.06. The van der Waals surface area contributed by atoms with Crippen molar-refractivity contribution in [1.82, 2.24) is 0 Å². The average molecular weight is 436 g/mol. The fourth-order valence-electron chi connectivity index (χ4n) is 2.75. The van der Waals surface area contributed by atoms with Gasteiger partial charge in [0.15, 0.2) is 29.7 Å². The number of nitrogens with zero attached hydrogens (tertiary/aromatic N) is 1. The van der Waals surface area contributed by atoms with Gasteiger partial charge < -0.3 is 26.5 Å². The molecular formula is C20H22BrNO3S. The number of hydrogen-bond acceptors (Lipinski definition) is 4. The van der Waals surface area contributed by atoms with Gasteiger partial charge in [-0.25, -0.2) is 4.57 Å². The molecule has 0 aliphatic heterocycles. The predicted octanol–water partition coefficient (Wildman–Crippen LogP) is 1.05. The van der Waals surface area contributed by atoms with Crippen LogP contribution in [0.25, 0.3) is 10.1 Å². The number of aryl methyl sites for hydroxylation is 2. The van der Waals surface area contributed by atoms with Gasteiger partial charge in [-0.1, -0.05) is 0 Å². The molecule has 0 aliphatic carbocycles. The van der Waals surface area contributed by atoms with Crippen LogP contribution in [-0.2, 0) is 13.0 Å². The van der Waals surface area contributed by atoms with Crippen molar-refractivity contribution in [2.24, 2.45) is 0 Å². The standard InChI is InChI=1S/C20H22NO3S.BrH/c1-4-21-9-7-14(8-10-21)5-6-16(22)20-12-15-11-17(23-2)18(24-3)13-19(15)25-20;/h7-13H,4-6H2,1-3H3;1H/q+1;/p-1. The number of ether oxygens (including phenoxy) is 2. The summed E-state index contributed by atoms with van der Waals surface area (Å²) in [6.07, 6.45) is 5.37. The van der Waals surface area contributed by atoms with Crippen LogP contribution in [-0.4, -0.2) is 20.0 Å². The summed E-state index contributed by atoms with van der Waals surface area (Å²) in [6, 6.07) is 9.95. The number of pyridine rings is 1. The Balaban J connectivity index is 0.00000243. The third-order valence-corrected chi connectivity index (χ3v) is 5.40. The van der Waals surface area contributed by atoms with Gasteiger partial charge in [-0.2, -0.15) is 0 Å². The molecule has 4 nitrogen and oxygen atoms in total. The molecule has 138 valence electrons. The van der Waals surface area contributed by atoms with Crippen LogP contribution in [0.3, 0.4) is 0 Å². The molecule has 0 aliphatic rings. The molecule has 0 amide bonds. The Morgan fingerprint density at radius 1 is 1.08 bits per heavy atom. The summed E-state index contributed by atoms with van der Waals surface area (Å²) in [6.45, 7) is 3.06. The van der Waals surface area contributed by atoms with Crippen molar-refractivity contribution >= 4 is 27.2 Å². The quantitative estimate of drug-likeness (QED) is 0.411. The van der Waals surface area contributed by atoms with Gasteiger partial charge in [0.25, 0.3) is 0 Å². The lowest BCUT2D eigenvalue weighted by molar-refractivity contribution is -0.693. The van der Waals surface area contributed by atoms with E-state index in [4.69, 9.17) is 9.47 Å². The van der Waals surface area contributed by atoms with Gasteiger partial charge in [0, 0.05) is 29.3 Å². The number of rotatable bonds is 7. The summed E-state index contributed by atoms with van der Waals surface area (Å²) >= 11 is 1.51. The third-order valence-electron chi connectivity index (χ3n) is 4.26.